The van der Waals surface area contributed by atoms with Gasteiger partial charge in [-0.15, -0.1) is 0 Å². The summed E-state index contributed by atoms with van der Waals surface area (Å²) in [5.41, 5.74) is 2.16. The van der Waals surface area contributed by atoms with E-state index in [9.17, 15) is 13.6 Å². The quantitative estimate of drug-likeness (QED) is 0.213. The topological polar surface area (TPSA) is 88.4 Å². The summed E-state index contributed by atoms with van der Waals surface area (Å²) in [7, 11) is 0. The fourth-order valence-corrected chi connectivity index (χ4v) is 6.78. The second kappa shape index (κ2) is 14.0. The summed E-state index contributed by atoms with van der Waals surface area (Å²) in [4.78, 5) is 25.4. The molecule has 0 bridgehead atoms. The van der Waals surface area contributed by atoms with Crippen molar-refractivity contribution in [2.45, 2.75) is 44.7 Å². The van der Waals surface area contributed by atoms with Gasteiger partial charge in [0.15, 0.2) is 6.29 Å². The Morgan fingerprint density at radius 3 is 2.22 bits per heavy atom. The molecule has 3 saturated heterocycles. The Morgan fingerprint density at radius 2 is 1.59 bits per heavy atom. The number of aromatic nitrogens is 3. The van der Waals surface area contributed by atoms with Crippen LogP contribution in [-0.4, -0.2) is 90.5 Å². The molecule has 3 fully saturated rings. The smallest absolute Gasteiger partial charge is 0.324 e. The van der Waals surface area contributed by atoms with Crippen molar-refractivity contribution in [1.29, 1.82) is 0 Å². The second-order valence-electron chi connectivity index (χ2n) is 12.8. The zero-order valence-electron chi connectivity index (χ0n) is 27.8. The Balaban J connectivity index is 0.910. The summed E-state index contributed by atoms with van der Waals surface area (Å²) in [5, 5.41) is 4.13. The Labute approximate surface area is 284 Å². The van der Waals surface area contributed by atoms with Crippen LogP contribution in [0.3, 0.4) is 0 Å². The molecule has 0 saturated carbocycles. The minimum atomic E-state index is -1.23. The highest BCUT2D eigenvalue weighted by molar-refractivity contribution is 5.94. The lowest BCUT2D eigenvalue weighted by molar-refractivity contribution is -0.117. The maximum atomic E-state index is 14.9. The number of carbonyl (C=O) groups is 1. The molecule has 49 heavy (non-hydrogen) atoms. The van der Waals surface area contributed by atoms with E-state index in [1.54, 1.807) is 0 Å². The van der Waals surface area contributed by atoms with E-state index in [4.69, 9.17) is 14.2 Å². The molecule has 0 spiro atoms. The standard InChI is InChI=1S/C36H41F2N7O4/c1-3-26(2)44-18-19-45(35(44)46)30-7-5-28(6-8-30)41-14-16-42(17-15-41)29-9-11-31(12-10-29)47-21-34-48-23-36(49-34,22-43-25-39-24-40-43)32-13-4-27(37)20-33(32)38/h4-13,20,24-26,34H,3,14-19,21-23H2,1-2H3. The monoisotopic (exact) mass is 673 g/mol. The summed E-state index contributed by atoms with van der Waals surface area (Å²) in [6.07, 6.45) is 3.07. The maximum Gasteiger partial charge on any atom is 0.324 e. The van der Waals surface area contributed by atoms with Crippen LogP contribution in [0.4, 0.5) is 30.6 Å². The number of carbonyl (C=O) groups excluding carboxylic acids is 1. The van der Waals surface area contributed by atoms with Gasteiger partial charge in [-0.05, 0) is 67.9 Å². The van der Waals surface area contributed by atoms with Crippen molar-refractivity contribution in [2.75, 3.05) is 67.2 Å². The van der Waals surface area contributed by atoms with Gasteiger partial charge < -0.3 is 28.9 Å². The largest absolute Gasteiger partial charge is 0.488 e. The Kier molecular flexibility index (Phi) is 9.37. The number of benzene rings is 3. The van der Waals surface area contributed by atoms with Gasteiger partial charge >= 0.3 is 6.03 Å². The van der Waals surface area contributed by atoms with Crippen molar-refractivity contribution in [3.8, 4) is 5.75 Å². The lowest BCUT2D eigenvalue weighted by atomic mass is 9.94. The molecule has 11 nitrogen and oxygen atoms in total. The first-order valence-corrected chi connectivity index (χ1v) is 16.8. The molecule has 7 rings (SSSR count). The van der Waals surface area contributed by atoms with Gasteiger partial charge in [0.2, 0.25) is 0 Å². The van der Waals surface area contributed by atoms with Crippen LogP contribution in [0.1, 0.15) is 25.8 Å². The summed E-state index contributed by atoms with van der Waals surface area (Å²) < 4.78 is 48.3. The minimum Gasteiger partial charge on any atom is -0.488 e. The molecule has 3 aliphatic rings. The average molecular weight is 674 g/mol. The SMILES string of the molecule is CCC(C)N1CCN(c2ccc(N3CCN(c4ccc(OCC5OCC(Cn6cncn6)(c6ccc(F)cc6F)O5)cc4)CC3)cc2)C1=O. The number of rotatable bonds is 11. The van der Waals surface area contributed by atoms with Crippen molar-refractivity contribution in [2.24, 2.45) is 0 Å². The molecular formula is C36H41F2N7O4. The molecule has 0 radical (unpaired) electrons. The van der Waals surface area contributed by atoms with Crippen LogP contribution in [0.15, 0.2) is 79.4 Å². The van der Waals surface area contributed by atoms with Crippen LogP contribution < -0.4 is 19.4 Å². The van der Waals surface area contributed by atoms with Crippen molar-refractivity contribution in [3.05, 3.63) is 96.6 Å². The molecule has 4 heterocycles. The number of ether oxygens (including phenoxy) is 3. The first-order valence-electron chi connectivity index (χ1n) is 16.8. The number of anilines is 3. The predicted molar refractivity (Wildman–Crippen MR) is 181 cm³/mol. The number of urea groups is 1. The van der Waals surface area contributed by atoms with Crippen molar-refractivity contribution < 1.29 is 27.8 Å². The van der Waals surface area contributed by atoms with E-state index in [2.05, 4.69) is 58.0 Å². The summed E-state index contributed by atoms with van der Waals surface area (Å²) in [6, 6.07) is 20.0. The molecule has 3 atom stereocenters. The van der Waals surface area contributed by atoms with E-state index >= 15 is 0 Å². The molecule has 3 aromatic carbocycles. The first kappa shape index (κ1) is 32.8. The van der Waals surface area contributed by atoms with Crippen molar-refractivity contribution in [3.63, 3.8) is 0 Å². The maximum absolute atomic E-state index is 14.9. The van der Waals surface area contributed by atoms with E-state index in [1.165, 1.54) is 29.5 Å². The second-order valence-corrected chi connectivity index (χ2v) is 12.8. The van der Waals surface area contributed by atoms with E-state index in [0.29, 0.717) is 5.75 Å². The van der Waals surface area contributed by atoms with Gasteiger partial charge in [0.25, 0.3) is 0 Å². The molecule has 0 aliphatic carbocycles. The average Bonchev–Trinajstić information content (AvgIpc) is 3.88. The van der Waals surface area contributed by atoms with Gasteiger partial charge in [-0.3, -0.25) is 4.90 Å². The molecule has 3 unspecified atom stereocenters. The van der Waals surface area contributed by atoms with E-state index in [-0.39, 0.29) is 37.4 Å². The van der Waals surface area contributed by atoms with E-state index in [1.807, 2.05) is 34.1 Å². The Bertz CT molecular complexity index is 1720. The highest BCUT2D eigenvalue weighted by atomic mass is 19.1. The fraction of sp³-hybridized carbons (Fsp3) is 0.417. The number of piperazine rings is 1. The number of hydrogen-bond acceptors (Lipinski definition) is 8. The number of halogens is 2. The van der Waals surface area contributed by atoms with E-state index < -0.39 is 23.5 Å². The number of nitrogens with zero attached hydrogens (tertiary/aromatic N) is 7. The van der Waals surface area contributed by atoms with Gasteiger partial charge in [-0.25, -0.2) is 23.2 Å². The molecule has 4 aromatic rings. The molecule has 2 amide bonds. The number of amides is 2. The molecule has 1 aromatic heterocycles. The first-order chi connectivity index (χ1) is 23.8. The summed E-state index contributed by atoms with van der Waals surface area (Å²) in [5.74, 6) is -0.735. The zero-order chi connectivity index (χ0) is 34.0. The van der Waals surface area contributed by atoms with Gasteiger partial charge in [0.1, 0.15) is 42.2 Å². The van der Waals surface area contributed by atoms with Crippen molar-refractivity contribution >= 4 is 23.1 Å². The van der Waals surface area contributed by atoms with Crippen LogP contribution in [0.5, 0.6) is 5.75 Å². The molecule has 0 N–H and O–H groups in total. The van der Waals surface area contributed by atoms with Crippen LogP contribution >= 0.6 is 0 Å². The van der Waals surface area contributed by atoms with Crippen LogP contribution in [0.25, 0.3) is 0 Å². The van der Waals surface area contributed by atoms with E-state index in [0.717, 1.165) is 68.8 Å². The van der Waals surface area contributed by atoms with Crippen molar-refractivity contribution in [1.82, 2.24) is 19.7 Å². The normalized spacial score (nSPS) is 21.9. The number of hydrogen-bond donors (Lipinski definition) is 0. The Hall–Kier alpha value is -4.75. The minimum absolute atomic E-state index is 0.0355. The summed E-state index contributed by atoms with van der Waals surface area (Å²) >= 11 is 0. The summed E-state index contributed by atoms with van der Waals surface area (Å²) in [6.45, 7) is 9.45. The predicted octanol–water partition coefficient (Wildman–Crippen LogP) is 5.27. The third kappa shape index (κ3) is 6.90. The highest BCUT2D eigenvalue weighted by Crippen LogP contribution is 2.37. The zero-order valence-corrected chi connectivity index (χ0v) is 27.8. The van der Waals surface area contributed by atoms with Gasteiger partial charge in [-0.1, -0.05) is 13.0 Å². The third-order valence-electron chi connectivity index (χ3n) is 9.72. The van der Waals surface area contributed by atoms with Gasteiger partial charge in [-0.2, -0.15) is 5.10 Å². The third-order valence-corrected chi connectivity index (χ3v) is 9.72. The lowest BCUT2D eigenvalue weighted by Crippen LogP contribution is -2.46. The van der Waals surface area contributed by atoms with Gasteiger partial charge in [0, 0.05) is 74.0 Å². The molecule has 13 heteroatoms. The Morgan fingerprint density at radius 1 is 0.918 bits per heavy atom. The molecular weight excluding hydrogens is 632 g/mol. The molecule has 3 aliphatic heterocycles. The van der Waals surface area contributed by atoms with Crippen LogP contribution in [-0.2, 0) is 21.6 Å². The van der Waals surface area contributed by atoms with Gasteiger partial charge in [0.05, 0.1) is 13.2 Å². The van der Waals surface area contributed by atoms with Crippen LogP contribution in [0, 0.1) is 11.6 Å². The highest BCUT2D eigenvalue weighted by Gasteiger charge is 2.46. The molecule has 258 valence electrons. The van der Waals surface area contributed by atoms with Crippen LogP contribution in [0.2, 0.25) is 0 Å². The fourth-order valence-electron chi connectivity index (χ4n) is 6.78. The lowest BCUT2D eigenvalue weighted by Gasteiger charge is -2.37.